The van der Waals surface area contributed by atoms with Crippen molar-refractivity contribution in [2.75, 3.05) is 17.9 Å². The van der Waals surface area contributed by atoms with Crippen LogP contribution in [0.5, 0.6) is 0 Å². The van der Waals surface area contributed by atoms with Crippen molar-refractivity contribution in [2.24, 2.45) is 0 Å². The number of hydrogen-bond acceptors (Lipinski definition) is 4. The van der Waals surface area contributed by atoms with Crippen molar-refractivity contribution in [1.82, 2.24) is 10.2 Å². The van der Waals surface area contributed by atoms with E-state index in [1.165, 1.54) is 42.3 Å². The number of likely N-dealkylation sites (N-methyl/N-ethyl adjacent to an activating group) is 1. The highest BCUT2D eigenvalue weighted by molar-refractivity contribution is 7.92. The van der Waals surface area contributed by atoms with Gasteiger partial charge in [-0.2, -0.15) is 0 Å². The monoisotopic (exact) mass is 561 g/mol. The molecule has 37 heavy (non-hydrogen) atoms. The van der Waals surface area contributed by atoms with Gasteiger partial charge in [0.1, 0.15) is 12.6 Å². The molecule has 0 spiro atoms. The molecule has 3 aromatic rings. The van der Waals surface area contributed by atoms with Crippen molar-refractivity contribution in [3.8, 4) is 0 Å². The van der Waals surface area contributed by atoms with Gasteiger partial charge in [0.05, 0.1) is 10.6 Å². The summed E-state index contributed by atoms with van der Waals surface area (Å²) < 4.78 is 28.4. The second-order valence-electron chi connectivity index (χ2n) is 8.50. The summed E-state index contributed by atoms with van der Waals surface area (Å²) in [5.74, 6) is -0.890. The molecule has 0 saturated carbocycles. The molecule has 10 heteroatoms. The molecule has 1 N–H and O–H groups in total. The average molecular weight is 563 g/mol. The highest BCUT2D eigenvalue weighted by Gasteiger charge is 2.33. The summed E-state index contributed by atoms with van der Waals surface area (Å²) in [7, 11) is -2.69. The first kappa shape index (κ1) is 28.5. The molecule has 2 amide bonds. The molecule has 3 aromatic carbocycles. The predicted molar refractivity (Wildman–Crippen MR) is 147 cm³/mol. The lowest BCUT2D eigenvalue weighted by molar-refractivity contribution is -0.140. The molecule has 0 aliphatic heterocycles. The fourth-order valence-electron chi connectivity index (χ4n) is 4.02. The van der Waals surface area contributed by atoms with E-state index in [0.717, 1.165) is 15.4 Å². The molecule has 1 atom stereocenters. The van der Waals surface area contributed by atoms with Crippen LogP contribution in [0.3, 0.4) is 0 Å². The Bertz CT molecular complexity index is 1350. The highest BCUT2D eigenvalue weighted by atomic mass is 35.5. The second kappa shape index (κ2) is 12.4. The number of benzene rings is 3. The Hall–Kier alpha value is -3.07. The molecular formula is C27H29Cl2N3O4S. The number of nitrogens with one attached hydrogen (secondary N) is 1. The number of carbonyl (C=O) groups excluding carboxylic acids is 2. The maximum Gasteiger partial charge on any atom is 0.264 e. The molecule has 3 rings (SSSR count). The molecule has 0 saturated heterocycles. The quantitative estimate of drug-likeness (QED) is 0.375. The molecule has 0 aromatic heterocycles. The molecule has 0 unspecified atom stereocenters. The number of anilines is 1. The Kier molecular flexibility index (Phi) is 9.59. The summed E-state index contributed by atoms with van der Waals surface area (Å²) in [4.78, 5) is 28.0. The largest absolute Gasteiger partial charge is 0.357 e. The Morgan fingerprint density at radius 3 is 2.16 bits per heavy atom. The SMILES string of the molecule is CC[C@H](C(=O)NC)N(Cc1cccc(C)c1)C(=O)CN(c1cc(Cl)cc(Cl)c1)S(=O)(=O)c1ccccc1. The molecule has 0 radical (unpaired) electrons. The van der Waals surface area contributed by atoms with E-state index in [-0.39, 0.29) is 33.1 Å². The Morgan fingerprint density at radius 1 is 0.946 bits per heavy atom. The van der Waals surface area contributed by atoms with Crippen LogP contribution in [0.4, 0.5) is 5.69 Å². The predicted octanol–water partition coefficient (Wildman–Crippen LogP) is 5.05. The minimum absolute atomic E-state index is 0.00229. The summed E-state index contributed by atoms with van der Waals surface area (Å²) >= 11 is 12.4. The summed E-state index contributed by atoms with van der Waals surface area (Å²) in [5.41, 5.74) is 1.96. The molecule has 0 heterocycles. The van der Waals surface area contributed by atoms with Gasteiger partial charge in [-0.25, -0.2) is 8.42 Å². The van der Waals surface area contributed by atoms with E-state index in [2.05, 4.69) is 5.32 Å². The maximum atomic E-state index is 13.9. The molecule has 0 fully saturated rings. The first-order chi connectivity index (χ1) is 17.6. The van der Waals surface area contributed by atoms with E-state index in [4.69, 9.17) is 23.2 Å². The van der Waals surface area contributed by atoms with E-state index in [9.17, 15) is 18.0 Å². The van der Waals surface area contributed by atoms with E-state index < -0.39 is 28.5 Å². The van der Waals surface area contributed by atoms with Crippen molar-refractivity contribution >= 4 is 50.7 Å². The molecule has 7 nitrogen and oxygen atoms in total. The number of nitrogens with zero attached hydrogens (tertiary/aromatic N) is 2. The fraction of sp³-hybridized carbons (Fsp3) is 0.259. The minimum Gasteiger partial charge on any atom is -0.357 e. The van der Waals surface area contributed by atoms with Gasteiger partial charge < -0.3 is 10.2 Å². The lowest BCUT2D eigenvalue weighted by Crippen LogP contribution is -2.51. The first-order valence-electron chi connectivity index (χ1n) is 11.7. The molecule has 0 aliphatic rings. The first-order valence-corrected chi connectivity index (χ1v) is 13.9. The Morgan fingerprint density at radius 2 is 1.59 bits per heavy atom. The normalized spacial score (nSPS) is 12.0. The van der Waals surface area contributed by atoms with Gasteiger partial charge >= 0.3 is 0 Å². The van der Waals surface area contributed by atoms with Crippen molar-refractivity contribution in [3.63, 3.8) is 0 Å². The number of aryl methyl sites for hydroxylation is 1. The standard InChI is InChI=1S/C27H29Cl2N3O4S/c1-4-25(27(34)30-3)31(17-20-10-8-9-19(2)13-20)26(33)18-32(23-15-21(28)14-22(29)16-23)37(35,36)24-11-6-5-7-12-24/h5-16,25H,4,17-18H2,1-3H3,(H,30,34)/t25-/m1/s1. The highest BCUT2D eigenvalue weighted by Crippen LogP contribution is 2.30. The van der Waals surface area contributed by atoms with Crippen LogP contribution in [0.15, 0.2) is 77.7 Å². The van der Waals surface area contributed by atoms with Crippen LogP contribution in [0.1, 0.15) is 24.5 Å². The van der Waals surface area contributed by atoms with Gasteiger partial charge in [0, 0.05) is 23.6 Å². The third kappa shape index (κ3) is 7.03. The van der Waals surface area contributed by atoms with Gasteiger partial charge in [0.25, 0.3) is 10.0 Å². The summed E-state index contributed by atoms with van der Waals surface area (Å²) in [5, 5.41) is 3.04. The maximum absolute atomic E-state index is 13.9. The van der Waals surface area contributed by atoms with Crippen molar-refractivity contribution < 1.29 is 18.0 Å². The van der Waals surface area contributed by atoms with Crippen LogP contribution in [0, 0.1) is 6.92 Å². The van der Waals surface area contributed by atoms with Gasteiger partial charge in [-0.15, -0.1) is 0 Å². The number of halogens is 2. The van der Waals surface area contributed by atoms with Gasteiger partial charge in [0.15, 0.2) is 0 Å². The minimum atomic E-state index is -4.19. The van der Waals surface area contributed by atoms with Gasteiger partial charge in [-0.05, 0) is 49.2 Å². The van der Waals surface area contributed by atoms with Crippen LogP contribution in [-0.4, -0.2) is 44.8 Å². The van der Waals surface area contributed by atoms with Gasteiger partial charge in [-0.3, -0.25) is 13.9 Å². The smallest absolute Gasteiger partial charge is 0.264 e. The molecule has 0 bridgehead atoms. The van der Waals surface area contributed by atoms with Gasteiger partial charge in [0.2, 0.25) is 11.8 Å². The lowest BCUT2D eigenvalue weighted by Gasteiger charge is -2.33. The molecule has 0 aliphatic carbocycles. The van der Waals surface area contributed by atoms with E-state index in [1.54, 1.807) is 25.1 Å². The van der Waals surface area contributed by atoms with Crippen LogP contribution in [0.2, 0.25) is 10.0 Å². The Labute approximate surface area is 228 Å². The van der Waals surface area contributed by atoms with Gasteiger partial charge in [-0.1, -0.05) is 78.2 Å². The number of amides is 2. The summed E-state index contributed by atoms with van der Waals surface area (Å²) in [6, 6.07) is 18.9. The third-order valence-corrected chi connectivity index (χ3v) is 8.04. The fourth-order valence-corrected chi connectivity index (χ4v) is 5.96. The van der Waals surface area contributed by atoms with Crippen LogP contribution < -0.4 is 9.62 Å². The molecule has 196 valence electrons. The number of hydrogen-bond donors (Lipinski definition) is 1. The van der Waals surface area contributed by atoms with Crippen molar-refractivity contribution in [2.45, 2.75) is 37.8 Å². The van der Waals surface area contributed by atoms with E-state index in [1.807, 2.05) is 31.2 Å². The summed E-state index contributed by atoms with van der Waals surface area (Å²) in [6.45, 7) is 3.30. The van der Waals surface area contributed by atoms with E-state index >= 15 is 0 Å². The van der Waals surface area contributed by atoms with Crippen LogP contribution in [0.25, 0.3) is 0 Å². The lowest BCUT2D eigenvalue weighted by atomic mass is 10.1. The van der Waals surface area contributed by atoms with Crippen molar-refractivity contribution in [1.29, 1.82) is 0 Å². The number of rotatable bonds is 10. The van der Waals surface area contributed by atoms with Crippen LogP contribution in [-0.2, 0) is 26.2 Å². The number of sulfonamides is 1. The zero-order valence-electron chi connectivity index (χ0n) is 20.8. The zero-order chi connectivity index (χ0) is 27.2. The van der Waals surface area contributed by atoms with Crippen LogP contribution >= 0.6 is 23.2 Å². The average Bonchev–Trinajstić information content (AvgIpc) is 2.86. The summed E-state index contributed by atoms with van der Waals surface area (Å²) in [6.07, 6.45) is 0.339. The zero-order valence-corrected chi connectivity index (χ0v) is 23.1. The molecular weight excluding hydrogens is 533 g/mol. The number of carbonyl (C=O) groups is 2. The second-order valence-corrected chi connectivity index (χ2v) is 11.2. The topological polar surface area (TPSA) is 86.8 Å². The van der Waals surface area contributed by atoms with E-state index in [0.29, 0.717) is 6.42 Å². The Balaban J connectivity index is 2.08. The third-order valence-electron chi connectivity index (χ3n) is 5.81. The van der Waals surface area contributed by atoms with Crippen molar-refractivity contribution in [3.05, 3.63) is 94.0 Å².